The van der Waals surface area contributed by atoms with E-state index in [2.05, 4.69) is 15.5 Å². The number of rotatable bonds is 9. The van der Waals surface area contributed by atoms with Gasteiger partial charge in [0.15, 0.2) is 17.1 Å². The van der Waals surface area contributed by atoms with Crippen molar-refractivity contribution in [3.05, 3.63) is 60.2 Å². The molecule has 0 aliphatic rings. The molecule has 0 aliphatic carbocycles. The molecule has 9 heteroatoms. The second-order valence-electron chi connectivity index (χ2n) is 7.08. The number of thioether (sulfide) groups is 1. The van der Waals surface area contributed by atoms with Gasteiger partial charge in [0.25, 0.3) is 0 Å². The molecule has 0 saturated heterocycles. The number of carbonyl (C=O) groups excluding carboxylic acids is 1. The van der Waals surface area contributed by atoms with Gasteiger partial charge in [0, 0.05) is 11.7 Å². The minimum absolute atomic E-state index is 0.0783. The molecule has 1 atom stereocenters. The molecule has 0 spiro atoms. The normalized spacial score (nSPS) is 11.9. The molecule has 31 heavy (non-hydrogen) atoms. The lowest BCUT2D eigenvalue weighted by Gasteiger charge is -2.19. The lowest BCUT2D eigenvalue weighted by molar-refractivity contribution is -0.113. The second-order valence-corrected chi connectivity index (χ2v) is 8.03. The van der Waals surface area contributed by atoms with Gasteiger partial charge in [-0.15, -0.1) is 10.2 Å². The molecule has 1 N–H and O–H groups in total. The predicted octanol–water partition coefficient (Wildman–Crippen LogP) is 4.88. The number of nitrogens with one attached hydrogen (secondary N) is 1. The molecule has 0 fully saturated rings. The number of amides is 1. The van der Waals surface area contributed by atoms with Crippen molar-refractivity contribution < 1.29 is 18.7 Å². The number of halogens is 1. The Kier molecular flexibility index (Phi) is 7.51. The molecular weight excluding hydrogens is 419 g/mol. The Morgan fingerprint density at radius 3 is 2.32 bits per heavy atom. The molecule has 0 aliphatic heterocycles. The summed E-state index contributed by atoms with van der Waals surface area (Å²) in [6.45, 7) is 5.95. The minimum Gasteiger partial charge on any atom is -0.497 e. The molecule has 3 aromatic rings. The average Bonchev–Trinajstić information content (AvgIpc) is 3.19. The van der Waals surface area contributed by atoms with E-state index < -0.39 is 0 Å². The third-order valence-electron chi connectivity index (χ3n) is 4.40. The van der Waals surface area contributed by atoms with E-state index in [9.17, 15) is 9.18 Å². The van der Waals surface area contributed by atoms with Gasteiger partial charge in [-0.2, -0.15) is 0 Å². The molecule has 0 radical (unpaired) electrons. The first kappa shape index (κ1) is 22.6. The highest BCUT2D eigenvalue weighted by molar-refractivity contribution is 7.99. The van der Waals surface area contributed by atoms with Gasteiger partial charge in [0.1, 0.15) is 17.3 Å². The minimum atomic E-state index is -0.351. The van der Waals surface area contributed by atoms with E-state index in [1.807, 2.05) is 49.6 Å². The van der Waals surface area contributed by atoms with Crippen LogP contribution >= 0.6 is 11.8 Å². The number of ether oxygens (including phenoxy) is 2. The zero-order valence-corrected chi connectivity index (χ0v) is 18.6. The molecule has 2 aromatic carbocycles. The van der Waals surface area contributed by atoms with Crippen molar-refractivity contribution in [1.82, 2.24) is 14.8 Å². The topological polar surface area (TPSA) is 78.3 Å². The van der Waals surface area contributed by atoms with Gasteiger partial charge in [0.2, 0.25) is 5.91 Å². The largest absolute Gasteiger partial charge is 0.497 e. The maximum atomic E-state index is 13.0. The monoisotopic (exact) mass is 444 g/mol. The fourth-order valence-electron chi connectivity index (χ4n) is 2.92. The van der Waals surface area contributed by atoms with Crippen LogP contribution in [0.15, 0.2) is 53.7 Å². The highest BCUT2D eigenvalue weighted by Crippen LogP contribution is 2.28. The van der Waals surface area contributed by atoms with Crippen molar-refractivity contribution in [3.63, 3.8) is 0 Å². The van der Waals surface area contributed by atoms with E-state index in [0.717, 1.165) is 5.75 Å². The third-order valence-corrected chi connectivity index (χ3v) is 5.35. The Labute approximate surface area is 185 Å². The van der Waals surface area contributed by atoms with Crippen LogP contribution in [0.1, 0.15) is 38.7 Å². The number of benzene rings is 2. The van der Waals surface area contributed by atoms with E-state index in [0.29, 0.717) is 22.4 Å². The zero-order chi connectivity index (χ0) is 22.4. The van der Waals surface area contributed by atoms with Gasteiger partial charge < -0.3 is 19.4 Å². The average molecular weight is 445 g/mol. The Balaban J connectivity index is 1.66. The van der Waals surface area contributed by atoms with Crippen LogP contribution in [0.5, 0.6) is 11.5 Å². The van der Waals surface area contributed by atoms with Crippen molar-refractivity contribution in [3.8, 4) is 11.5 Å². The van der Waals surface area contributed by atoms with Crippen LogP contribution in [-0.4, -0.2) is 33.5 Å². The van der Waals surface area contributed by atoms with Crippen molar-refractivity contribution in [1.29, 1.82) is 0 Å². The molecule has 1 aromatic heterocycles. The van der Waals surface area contributed by atoms with E-state index >= 15 is 0 Å². The standard InChI is InChI=1S/C22H25FN4O3S/c1-14(2)27-21(15(3)30-19-11-9-18(29-4)10-12-19)25-26-22(27)31-13-20(28)24-17-7-5-16(23)6-8-17/h5-12,14-15H,13H2,1-4H3,(H,24,28). The molecule has 0 saturated carbocycles. The van der Waals surface area contributed by atoms with Crippen LogP contribution in [-0.2, 0) is 4.79 Å². The molecule has 1 amide bonds. The van der Waals surface area contributed by atoms with E-state index in [1.54, 1.807) is 7.11 Å². The van der Waals surface area contributed by atoms with Crippen molar-refractivity contribution in [2.24, 2.45) is 0 Å². The van der Waals surface area contributed by atoms with Gasteiger partial charge >= 0.3 is 0 Å². The summed E-state index contributed by atoms with van der Waals surface area (Å²) in [5, 5.41) is 11.9. The molecule has 1 unspecified atom stereocenters. The third kappa shape index (κ3) is 5.97. The highest BCUT2D eigenvalue weighted by Gasteiger charge is 2.22. The molecule has 0 bridgehead atoms. The Hall–Kier alpha value is -3.07. The summed E-state index contributed by atoms with van der Waals surface area (Å²) in [5.74, 6) is 1.71. The lowest BCUT2D eigenvalue weighted by atomic mass is 10.3. The summed E-state index contributed by atoms with van der Waals surface area (Å²) in [4.78, 5) is 12.3. The first-order chi connectivity index (χ1) is 14.9. The van der Waals surface area contributed by atoms with Crippen LogP contribution in [0.2, 0.25) is 0 Å². The number of nitrogens with zero attached hydrogens (tertiary/aromatic N) is 3. The molecule has 7 nitrogen and oxygen atoms in total. The molecule has 1 heterocycles. The van der Waals surface area contributed by atoms with Crippen LogP contribution < -0.4 is 14.8 Å². The first-order valence-corrected chi connectivity index (χ1v) is 10.8. The number of methoxy groups -OCH3 is 1. The van der Waals surface area contributed by atoms with Gasteiger partial charge in [-0.1, -0.05) is 11.8 Å². The van der Waals surface area contributed by atoms with Crippen molar-refractivity contribution in [2.45, 2.75) is 38.1 Å². The second kappa shape index (κ2) is 10.3. The summed E-state index contributed by atoms with van der Waals surface area (Å²) < 4.78 is 26.2. The highest BCUT2D eigenvalue weighted by atomic mass is 32.2. The molecule has 164 valence electrons. The first-order valence-electron chi connectivity index (χ1n) is 9.81. The number of hydrogen-bond donors (Lipinski definition) is 1. The zero-order valence-electron chi connectivity index (χ0n) is 17.8. The van der Waals surface area contributed by atoms with Gasteiger partial charge in [-0.25, -0.2) is 4.39 Å². The van der Waals surface area contributed by atoms with Crippen molar-refractivity contribution in [2.75, 3.05) is 18.2 Å². The van der Waals surface area contributed by atoms with E-state index in [1.165, 1.54) is 36.0 Å². The maximum Gasteiger partial charge on any atom is 0.234 e. The Bertz CT molecular complexity index is 1010. The smallest absolute Gasteiger partial charge is 0.234 e. The summed E-state index contributed by atoms with van der Waals surface area (Å²) in [5.41, 5.74) is 0.541. The number of carbonyl (C=O) groups is 1. The van der Waals surface area contributed by atoms with Gasteiger partial charge in [-0.3, -0.25) is 4.79 Å². The Morgan fingerprint density at radius 1 is 1.06 bits per heavy atom. The summed E-state index contributed by atoms with van der Waals surface area (Å²) in [6, 6.07) is 13.0. The van der Waals surface area contributed by atoms with Gasteiger partial charge in [-0.05, 0) is 69.3 Å². The van der Waals surface area contributed by atoms with Crippen LogP contribution in [0.4, 0.5) is 10.1 Å². The summed E-state index contributed by atoms with van der Waals surface area (Å²) in [6.07, 6.45) is -0.342. The van der Waals surface area contributed by atoms with Crippen molar-refractivity contribution >= 4 is 23.4 Å². The predicted molar refractivity (Wildman–Crippen MR) is 118 cm³/mol. The Morgan fingerprint density at radius 2 is 1.71 bits per heavy atom. The number of hydrogen-bond acceptors (Lipinski definition) is 6. The summed E-state index contributed by atoms with van der Waals surface area (Å²) >= 11 is 1.29. The van der Waals surface area contributed by atoms with Crippen LogP contribution in [0, 0.1) is 5.82 Å². The maximum absolute atomic E-state index is 13.0. The SMILES string of the molecule is COc1ccc(OC(C)c2nnc(SCC(=O)Nc3ccc(F)cc3)n2C(C)C)cc1. The van der Waals surface area contributed by atoms with Crippen LogP contribution in [0.3, 0.4) is 0 Å². The van der Waals surface area contributed by atoms with Gasteiger partial charge in [0.05, 0.1) is 12.9 Å². The number of aromatic nitrogens is 3. The molecule has 3 rings (SSSR count). The van der Waals surface area contributed by atoms with E-state index in [4.69, 9.17) is 9.47 Å². The fraction of sp³-hybridized carbons (Fsp3) is 0.318. The number of anilines is 1. The van der Waals surface area contributed by atoms with Crippen LogP contribution in [0.25, 0.3) is 0 Å². The fourth-order valence-corrected chi connectivity index (χ4v) is 3.80. The molecular formula is C22H25FN4O3S. The quantitative estimate of drug-likeness (QED) is 0.474. The summed E-state index contributed by atoms with van der Waals surface area (Å²) in [7, 11) is 1.61. The lowest BCUT2D eigenvalue weighted by Crippen LogP contribution is -2.16. The van der Waals surface area contributed by atoms with E-state index in [-0.39, 0.29) is 29.6 Å².